The summed E-state index contributed by atoms with van der Waals surface area (Å²) in [5.74, 6) is 1.18. The molecule has 0 aliphatic heterocycles. The monoisotopic (exact) mass is 465 g/mol. The van der Waals surface area contributed by atoms with Crippen LogP contribution in [0.2, 0.25) is 0 Å². The first-order valence-corrected chi connectivity index (χ1v) is 13.0. The highest BCUT2D eigenvalue weighted by molar-refractivity contribution is 7.93. The summed E-state index contributed by atoms with van der Waals surface area (Å²) in [5, 5.41) is 3.94. The van der Waals surface area contributed by atoms with Crippen molar-refractivity contribution < 1.29 is 13.2 Å². The van der Waals surface area contributed by atoms with Crippen molar-refractivity contribution in [2.75, 3.05) is 4.72 Å². The Morgan fingerprint density at radius 2 is 1.79 bits per heavy atom. The molecular weight excluding hydrogens is 434 g/mol. The molecule has 174 valence electrons. The Morgan fingerprint density at radius 1 is 1.03 bits per heavy atom. The number of hydrogen-bond acceptors (Lipinski definition) is 4. The topological polar surface area (TPSA) is 88.2 Å². The number of hydrogen-bond donors (Lipinski definition) is 2. The predicted octanol–water partition coefficient (Wildman–Crippen LogP) is 5.23. The maximum atomic E-state index is 13.3. The number of amides is 1. The number of sulfonamides is 1. The van der Waals surface area contributed by atoms with Crippen LogP contribution < -0.4 is 10.0 Å². The highest BCUT2D eigenvalue weighted by Gasteiger charge is 2.32. The Balaban J connectivity index is 1.61. The van der Waals surface area contributed by atoms with Gasteiger partial charge < -0.3 is 5.32 Å². The summed E-state index contributed by atoms with van der Waals surface area (Å²) in [6.07, 6.45) is 4.76. The Kier molecular flexibility index (Phi) is 6.70. The van der Waals surface area contributed by atoms with Crippen LogP contribution in [-0.2, 0) is 10.0 Å². The van der Waals surface area contributed by atoms with Gasteiger partial charge in [0, 0.05) is 17.6 Å². The number of carbonyl (C=O) groups is 1. The number of rotatable bonds is 6. The van der Waals surface area contributed by atoms with Gasteiger partial charge in [-0.1, -0.05) is 57.5 Å². The van der Waals surface area contributed by atoms with E-state index in [1.54, 1.807) is 42.6 Å². The third kappa shape index (κ3) is 5.03. The largest absolute Gasteiger partial charge is 0.349 e. The summed E-state index contributed by atoms with van der Waals surface area (Å²) in [4.78, 5) is 17.6. The molecular formula is C26H31N3O3S. The third-order valence-corrected chi connectivity index (χ3v) is 8.04. The first kappa shape index (κ1) is 23.2. The number of pyridine rings is 1. The van der Waals surface area contributed by atoms with E-state index in [1.807, 2.05) is 12.1 Å². The number of para-hydroxylation sites is 2. The molecule has 33 heavy (non-hydrogen) atoms. The summed E-state index contributed by atoms with van der Waals surface area (Å²) in [6, 6.07) is 15.4. The second kappa shape index (κ2) is 9.51. The van der Waals surface area contributed by atoms with Crippen molar-refractivity contribution in [1.29, 1.82) is 0 Å². The van der Waals surface area contributed by atoms with Crippen LogP contribution in [0.5, 0.6) is 0 Å². The standard InChI is InChI=1S/C26H31N3O3S/c1-17(2)20-14-13-18(3)16-23(20)28-26(30)21-10-4-5-11-22(21)29-33(31,32)24-12-6-8-19-9-7-15-27-25(19)24/h4-12,15,17-18,20,23,29H,13-14,16H2,1-3H3,(H,28,30). The van der Waals surface area contributed by atoms with Crippen LogP contribution in [0.4, 0.5) is 5.69 Å². The van der Waals surface area contributed by atoms with E-state index >= 15 is 0 Å². The molecule has 2 aromatic carbocycles. The molecule has 1 aliphatic carbocycles. The molecule has 1 aromatic heterocycles. The van der Waals surface area contributed by atoms with E-state index in [9.17, 15) is 13.2 Å². The van der Waals surface area contributed by atoms with Gasteiger partial charge in [-0.2, -0.15) is 0 Å². The zero-order chi connectivity index (χ0) is 23.6. The van der Waals surface area contributed by atoms with E-state index in [1.165, 1.54) is 12.5 Å². The molecule has 0 saturated heterocycles. The van der Waals surface area contributed by atoms with E-state index in [0.29, 0.717) is 28.8 Å². The number of nitrogens with zero attached hydrogens (tertiary/aromatic N) is 1. The van der Waals surface area contributed by atoms with Crippen molar-refractivity contribution in [1.82, 2.24) is 10.3 Å². The average molecular weight is 466 g/mol. The highest BCUT2D eigenvalue weighted by atomic mass is 32.2. The van der Waals surface area contributed by atoms with Gasteiger partial charge in [0.05, 0.1) is 16.8 Å². The van der Waals surface area contributed by atoms with E-state index < -0.39 is 10.0 Å². The fourth-order valence-corrected chi connectivity index (χ4v) is 6.14. The number of nitrogens with one attached hydrogen (secondary N) is 2. The van der Waals surface area contributed by atoms with Crippen molar-refractivity contribution in [2.45, 2.75) is 51.0 Å². The van der Waals surface area contributed by atoms with Gasteiger partial charge >= 0.3 is 0 Å². The van der Waals surface area contributed by atoms with Gasteiger partial charge in [-0.3, -0.25) is 14.5 Å². The van der Waals surface area contributed by atoms with Crippen LogP contribution in [0, 0.1) is 17.8 Å². The minimum atomic E-state index is -3.95. The van der Waals surface area contributed by atoms with E-state index in [2.05, 4.69) is 35.8 Å². The van der Waals surface area contributed by atoms with Crippen LogP contribution >= 0.6 is 0 Å². The summed E-state index contributed by atoms with van der Waals surface area (Å²) in [6.45, 7) is 6.61. The predicted molar refractivity (Wildman–Crippen MR) is 132 cm³/mol. The lowest BCUT2D eigenvalue weighted by Crippen LogP contribution is -2.45. The minimum absolute atomic E-state index is 0.0770. The molecule has 1 saturated carbocycles. The van der Waals surface area contributed by atoms with Crippen LogP contribution in [0.15, 0.2) is 65.7 Å². The van der Waals surface area contributed by atoms with Crippen molar-refractivity contribution >= 4 is 32.5 Å². The number of carbonyl (C=O) groups excluding carboxylic acids is 1. The molecule has 2 N–H and O–H groups in total. The van der Waals surface area contributed by atoms with Gasteiger partial charge in [-0.25, -0.2) is 8.42 Å². The maximum absolute atomic E-state index is 13.3. The van der Waals surface area contributed by atoms with Crippen LogP contribution in [-0.4, -0.2) is 25.4 Å². The Labute approximate surface area is 195 Å². The van der Waals surface area contributed by atoms with E-state index in [-0.39, 0.29) is 22.5 Å². The summed E-state index contributed by atoms with van der Waals surface area (Å²) >= 11 is 0. The number of benzene rings is 2. The molecule has 3 atom stereocenters. The highest BCUT2D eigenvalue weighted by Crippen LogP contribution is 2.34. The SMILES string of the molecule is CC1CCC(C(C)C)C(NC(=O)c2ccccc2NS(=O)(=O)c2cccc3cccnc23)C1. The third-order valence-electron chi connectivity index (χ3n) is 6.64. The molecule has 0 radical (unpaired) electrons. The summed E-state index contributed by atoms with van der Waals surface area (Å²) < 4.78 is 29.2. The van der Waals surface area contributed by atoms with Gasteiger partial charge in [0.15, 0.2) is 0 Å². The van der Waals surface area contributed by atoms with Crippen molar-refractivity contribution in [3.63, 3.8) is 0 Å². The minimum Gasteiger partial charge on any atom is -0.349 e. The lowest BCUT2D eigenvalue weighted by Gasteiger charge is -2.37. The smallest absolute Gasteiger partial charge is 0.264 e. The first-order chi connectivity index (χ1) is 15.8. The molecule has 3 aromatic rings. The fourth-order valence-electron chi connectivity index (χ4n) is 4.88. The molecule has 7 heteroatoms. The lowest BCUT2D eigenvalue weighted by molar-refractivity contribution is 0.0869. The zero-order valence-electron chi connectivity index (χ0n) is 19.3. The molecule has 6 nitrogen and oxygen atoms in total. The number of fused-ring (bicyclic) bond motifs is 1. The summed E-state index contributed by atoms with van der Waals surface area (Å²) in [5.41, 5.74) is 0.966. The lowest BCUT2D eigenvalue weighted by atomic mass is 9.74. The zero-order valence-corrected chi connectivity index (χ0v) is 20.1. The quantitative estimate of drug-likeness (QED) is 0.522. The van der Waals surface area contributed by atoms with Crippen molar-refractivity contribution in [3.8, 4) is 0 Å². The molecule has 3 unspecified atom stereocenters. The summed E-state index contributed by atoms with van der Waals surface area (Å²) in [7, 11) is -3.95. The number of aromatic nitrogens is 1. The number of anilines is 1. The van der Waals surface area contributed by atoms with Gasteiger partial charge in [-0.05, 0) is 54.9 Å². The fraction of sp³-hybridized carbons (Fsp3) is 0.385. The van der Waals surface area contributed by atoms with Crippen molar-refractivity contribution in [3.05, 3.63) is 66.4 Å². The molecule has 1 amide bonds. The van der Waals surface area contributed by atoms with Gasteiger partial charge in [-0.15, -0.1) is 0 Å². The molecule has 1 heterocycles. The second-order valence-corrected chi connectivity index (χ2v) is 11.0. The van der Waals surface area contributed by atoms with E-state index in [0.717, 1.165) is 18.2 Å². The second-order valence-electron chi connectivity index (χ2n) is 9.39. The normalized spacial score (nSPS) is 21.2. The van der Waals surface area contributed by atoms with Gasteiger partial charge in [0.25, 0.3) is 15.9 Å². The Hall–Kier alpha value is -2.93. The molecule has 0 bridgehead atoms. The van der Waals surface area contributed by atoms with Crippen LogP contribution in [0.3, 0.4) is 0 Å². The molecule has 4 rings (SSSR count). The Bertz CT molecular complexity index is 1250. The maximum Gasteiger partial charge on any atom is 0.264 e. The first-order valence-electron chi connectivity index (χ1n) is 11.5. The average Bonchev–Trinajstić information content (AvgIpc) is 2.78. The molecule has 0 spiro atoms. The van der Waals surface area contributed by atoms with Gasteiger partial charge in [0.1, 0.15) is 4.90 Å². The van der Waals surface area contributed by atoms with Crippen molar-refractivity contribution in [2.24, 2.45) is 17.8 Å². The molecule has 1 fully saturated rings. The van der Waals surface area contributed by atoms with Crippen LogP contribution in [0.25, 0.3) is 10.9 Å². The molecule has 1 aliphatic rings. The van der Waals surface area contributed by atoms with E-state index in [4.69, 9.17) is 0 Å². The van der Waals surface area contributed by atoms with Crippen LogP contribution in [0.1, 0.15) is 50.4 Å². The van der Waals surface area contributed by atoms with Gasteiger partial charge in [0.2, 0.25) is 0 Å². The Morgan fingerprint density at radius 3 is 2.58 bits per heavy atom.